The number of amides is 1. The zero-order chi connectivity index (χ0) is 17.4. The third-order valence-corrected chi connectivity index (χ3v) is 5.87. The first-order valence-corrected chi connectivity index (χ1v) is 9.41. The summed E-state index contributed by atoms with van der Waals surface area (Å²) in [6.07, 6.45) is 4.16. The maximum absolute atomic E-state index is 12.9. The van der Waals surface area contributed by atoms with Crippen LogP contribution in [0.15, 0.2) is 6.20 Å². The van der Waals surface area contributed by atoms with E-state index in [1.165, 1.54) is 12.8 Å². The molecule has 1 amide bonds. The van der Waals surface area contributed by atoms with Crippen LogP contribution >= 0.6 is 24.8 Å². The lowest BCUT2D eigenvalue weighted by molar-refractivity contribution is 0.0784. The van der Waals surface area contributed by atoms with E-state index in [4.69, 9.17) is 0 Å². The normalized spacial score (nSPS) is 25.4. The number of aromatic nitrogens is 2. The topological polar surface area (TPSA) is 64.6 Å². The number of piperazine rings is 1. The van der Waals surface area contributed by atoms with Crippen LogP contribution in [0.1, 0.15) is 28.9 Å². The first-order valence-electron chi connectivity index (χ1n) is 9.41. The predicted octanol–water partition coefficient (Wildman–Crippen LogP) is 1.20. The fourth-order valence-electron chi connectivity index (χ4n) is 4.21. The van der Waals surface area contributed by atoms with Gasteiger partial charge in [-0.1, -0.05) is 0 Å². The number of fused-ring (bicyclic) bond motifs is 1. The summed E-state index contributed by atoms with van der Waals surface area (Å²) < 4.78 is 0. The van der Waals surface area contributed by atoms with Gasteiger partial charge in [0.2, 0.25) is 5.95 Å². The molecule has 7 nitrogen and oxygen atoms in total. The van der Waals surface area contributed by atoms with Crippen molar-refractivity contribution in [3.8, 4) is 0 Å². The molecule has 3 aliphatic heterocycles. The molecule has 0 bridgehead atoms. The Labute approximate surface area is 173 Å². The SMILES string of the molecule is Cc1nc(N2CCN(C)CC2)ncc1C(=O)N1C[C@@H]2CCCN[C@@H]2C1.Cl.Cl. The summed E-state index contributed by atoms with van der Waals surface area (Å²) in [4.78, 5) is 28.6. The lowest BCUT2D eigenvalue weighted by Gasteiger charge is -2.32. The third-order valence-electron chi connectivity index (χ3n) is 5.87. The van der Waals surface area contributed by atoms with Crippen LogP contribution in [0.2, 0.25) is 0 Å². The maximum atomic E-state index is 12.9. The highest BCUT2D eigenvalue weighted by molar-refractivity contribution is 5.95. The van der Waals surface area contributed by atoms with E-state index in [0.29, 0.717) is 17.5 Å². The van der Waals surface area contributed by atoms with Crippen molar-refractivity contribution in [1.29, 1.82) is 0 Å². The highest BCUT2D eigenvalue weighted by atomic mass is 35.5. The first-order chi connectivity index (χ1) is 12.1. The van der Waals surface area contributed by atoms with Gasteiger partial charge in [0.15, 0.2) is 0 Å². The minimum absolute atomic E-state index is 0. The van der Waals surface area contributed by atoms with Crippen molar-refractivity contribution in [3.63, 3.8) is 0 Å². The Kier molecular flexibility index (Phi) is 7.68. The smallest absolute Gasteiger partial charge is 0.257 e. The Morgan fingerprint density at radius 1 is 1.19 bits per heavy atom. The highest BCUT2D eigenvalue weighted by Crippen LogP contribution is 2.26. The van der Waals surface area contributed by atoms with Crippen molar-refractivity contribution in [3.05, 3.63) is 17.5 Å². The van der Waals surface area contributed by atoms with Gasteiger partial charge < -0.3 is 20.0 Å². The number of anilines is 1. The van der Waals surface area contributed by atoms with Crippen LogP contribution in [0, 0.1) is 12.8 Å². The monoisotopic (exact) mass is 416 g/mol. The van der Waals surface area contributed by atoms with E-state index in [2.05, 4.69) is 32.1 Å². The van der Waals surface area contributed by atoms with E-state index in [9.17, 15) is 4.79 Å². The van der Waals surface area contributed by atoms with E-state index in [-0.39, 0.29) is 30.7 Å². The molecule has 3 aliphatic rings. The van der Waals surface area contributed by atoms with Crippen molar-refractivity contribution in [1.82, 2.24) is 25.1 Å². The van der Waals surface area contributed by atoms with Crippen molar-refractivity contribution < 1.29 is 4.79 Å². The molecule has 27 heavy (non-hydrogen) atoms. The molecular weight excluding hydrogens is 387 g/mol. The highest BCUT2D eigenvalue weighted by Gasteiger charge is 2.37. The molecule has 0 radical (unpaired) electrons. The fourth-order valence-corrected chi connectivity index (χ4v) is 4.21. The van der Waals surface area contributed by atoms with Gasteiger partial charge in [0.1, 0.15) is 0 Å². The number of likely N-dealkylation sites (N-methyl/N-ethyl adjacent to an activating group) is 1. The molecule has 3 fully saturated rings. The molecule has 9 heteroatoms. The van der Waals surface area contributed by atoms with Crippen LogP contribution in [-0.4, -0.2) is 84.6 Å². The van der Waals surface area contributed by atoms with Gasteiger partial charge in [0.05, 0.1) is 11.3 Å². The Morgan fingerprint density at radius 3 is 2.59 bits per heavy atom. The number of halogens is 2. The number of likely N-dealkylation sites (tertiary alicyclic amines) is 1. The number of carbonyl (C=O) groups is 1. The fraction of sp³-hybridized carbons (Fsp3) is 0.722. The number of carbonyl (C=O) groups excluding carboxylic acids is 1. The molecule has 4 heterocycles. The van der Waals surface area contributed by atoms with Crippen LogP contribution in [-0.2, 0) is 0 Å². The van der Waals surface area contributed by atoms with E-state index in [0.717, 1.165) is 57.5 Å². The Hall–Kier alpha value is -1.15. The van der Waals surface area contributed by atoms with Gasteiger partial charge in [0, 0.05) is 51.5 Å². The molecule has 0 unspecified atom stereocenters. The van der Waals surface area contributed by atoms with Gasteiger partial charge in [0.25, 0.3) is 5.91 Å². The third kappa shape index (κ3) is 4.65. The molecule has 152 valence electrons. The molecular formula is C18H30Cl2N6O. The van der Waals surface area contributed by atoms with Crippen LogP contribution < -0.4 is 10.2 Å². The summed E-state index contributed by atoms with van der Waals surface area (Å²) in [6.45, 7) is 8.58. The van der Waals surface area contributed by atoms with E-state index >= 15 is 0 Å². The van der Waals surface area contributed by atoms with Crippen LogP contribution in [0.4, 0.5) is 5.95 Å². The van der Waals surface area contributed by atoms with Crippen LogP contribution in [0.25, 0.3) is 0 Å². The summed E-state index contributed by atoms with van der Waals surface area (Å²) in [5, 5.41) is 3.55. The number of nitrogens with one attached hydrogen (secondary N) is 1. The quantitative estimate of drug-likeness (QED) is 0.781. The van der Waals surface area contributed by atoms with E-state index in [1.54, 1.807) is 6.20 Å². The summed E-state index contributed by atoms with van der Waals surface area (Å²) in [6, 6.07) is 0.462. The lowest BCUT2D eigenvalue weighted by atomic mass is 9.94. The largest absolute Gasteiger partial charge is 0.338 e. The molecule has 0 spiro atoms. The number of rotatable bonds is 2. The molecule has 1 aromatic heterocycles. The maximum Gasteiger partial charge on any atom is 0.257 e. The summed E-state index contributed by atoms with van der Waals surface area (Å²) in [7, 11) is 2.13. The number of piperidine rings is 1. The molecule has 4 rings (SSSR count). The Balaban J connectivity index is 0.00000131. The lowest BCUT2D eigenvalue weighted by Crippen LogP contribution is -2.45. The summed E-state index contributed by atoms with van der Waals surface area (Å²) in [5.41, 5.74) is 1.44. The van der Waals surface area contributed by atoms with Gasteiger partial charge in [-0.3, -0.25) is 4.79 Å². The summed E-state index contributed by atoms with van der Waals surface area (Å²) >= 11 is 0. The average Bonchev–Trinajstić information content (AvgIpc) is 3.06. The van der Waals surface area contributed by atoms with Gasteiger partial charge in [-0.05, 0) is 39.3 Å². The van der Waals surface area contributed by atoms with Crippen molar-refractivity contribution in [2.24, 2.45) is 5.92 Å². The molecule has 2 atom stereocenters. The average molecular weight is 417 g/mol. The zero-order valence-electron chi connectivity index (χ0n) is 16.1. The van der Waals surface area contributed by atoms with Gasteiger partial charge in [-0.25, -0.2) is 9.97 Å². The zero-order valence-corrected chi connectivity index (χ0v) is 17.7. The second-order valence-corrected chi connectivity index (χ2v) is 7.63. The van der Waals surface area contributed by atoms with Crippen molar-refractivity contribution in [2.75, 3.05) is 57.8 Å². The van der Waals surface area contributed by atoms with Gasteiger partial charge in [-0.15, -0.1) is 24.8 Å². The van der Waals surface area contributed by atoms with Crippen LogP contribution in [0.5, 0.6) is 0 Å². The molecule has 0 saturated carbocycles. The van der Waals surface area contributed by atoms with Gasteiger partial charge >= 0.3 is 0 Å². The minimum atomic E-state index is 0. The van der Waals surface area contributed by atoms with Gasteiger partial charge in [-0.2, -0.15) is 0 Å². The Bertz CT molecular complexity index is 639. The first kappa shape index (κ1) is 22.1. The standard InChI is InChI=1S/C18H28N6O.2ClH/c1-13-15(10-20-18(21-13)23-8-6-22(2)7-9-23)17(25)24-11-14-4-3-5-19-16(14)12-24;;/h10,14,16,19H,3-9,11-12H2,1-2H3;2*1H/t14-,16+;;/m0../s1. The van der Waals surface area contributed by atoms with E-state index < -0.39 is 0 Å². The molecule has 0 aromatic carbocycles. The number of hydrogen-bond donors (Lipinski definition) is 1. The Morgan fingerprint density at radius 2 is 1.93 bits per heavy atom. The minimum Gasteiger partial charge on any atom is -0.338 e. The molecule has 1 aromatic rings. The van der Waals surface area contributed by atoms with Crippen molar-refractivity contribution >= 4 is 36.7 Å². The second kappa shape index (κ2) is 9.37. The van der Waals surface area contributed by atoms with Crippen molar-refractivity contribution in [2.45, 2.75) is 25.8 Å². The summed E-state index contributed by atoms with van der Waals surface area (Å²) in [5.74, 6) is 1.43. The number of hydrogen-bond acceptors (Lipinski definition) is 6. The predicted molar refractivity (Wildman–Crippen MR) is 111 cm³/mol. The molecule has 0 aliphatic carbocycles. The number of aryl methyl sites for hydroxylation is 1. The van der Waals surface area contributed by atoms with E-state index in [1.807, 2.05) is 11.8 Å². The second-order valence-electron chi connectivity index (χ2n) is 7.63. The van der Waals surface area contributed by atoms with Crippen LogP contribution in [0.3, 0.4) is 0 Å². The molecule has 1 N–H and O–H groups in total. The molecule has 3 saturated heterocycles. The number of nitrogens with zero attached hydrogens (tertiary/aromatic N) is 5.